The quantitative estimate of drug-likeness (QED) is 0.884. The molecule has 0 aromatic heterocycles. The predicted octanol–water partition coefficient (Wildman–Crippen LogP) is 2.77. The third kappa shape index (κ3) is 3.09. The van der Waals surface area contributed by atoms with Crippen LogP contribution in [0.1, 0.15) is 30.1 Å². The zero-order chi connectivity index (χ0) is 15.1. The van der Waals surface area contributed by atoms with Crippen molar-refractivity contribution in [3.63, 3.8) is 0 Å². The molecule has 1 saturated carbocycles. The van der Waals surface area contributed by atoms with Crippen molar-refractivity contribution in [2.45, 2.75) is 30.7 Å². The van der Waals surface area contributed by atoms with Crippen LogP contribution in [0.4, 0.5) is 0 Å². The first-order valence-corrected chi connectivity index (χ1v) is 8.19. The predicted molar refractivity (Wildman–Crippen MR) is 75.9 cm³/mol. The number of carboxylic acid groups (broad SMARTS) is 1. The SMILES string of the molecule is CC1CC(NS(=O)(=O)c2cc(C(=O)O)c(Cl)cc2Cl)C1. The highest BCUT2D eigenvalue weighted by atomic mass is 35.5. The van der Waals surface area contributed by atoms with Crippen LogP contribution >= 0.6 is 23.2 Å². The number of aromatic carboxylic acids is 1. The highest BCUT2D eigenvalue weighted by molar-refractivity contribution is 7.89. The molecule has 1 aliphatic carbocycles. The monoisotopic (exact) mass is 337 g/mol. The fourth-order valence-electron chi connectivity index (χ4n) is 2.18. The average Bonchev–Trinajstić information content (AvgIpc) is 2.25. The number of nitrogens with one attached hydrogen (secondary N) is 1. The van der Waals surface area contributed by atoms with Crippen molar-refractivity contribution in [1.29, 1.82) is 0 Å². The van der Waals surface area contributed by atoms with Gasteiger partial charge in [-0.3, -0.25) is 0 Å². The van der Waals surface area contributed by atoms with Crippen molar-refractivity contribution in [2.24, 2.45) is 5.92 Å². The molecule has 2 N–H and O–H groups in total. The van der Waals surface area contributed by atoms with Crippen molar-refractivity contribution in [3.8, 4) is 0 Å². The van der Waals surface area contributed by atoms with Gasteiger partial charge in [0.25, 0.3) is 0 Å². The van der Waals surface area contributed by atoms with Crippen LogP contribution < -0.4 is 4.72 Å². The van der Waals surface area contributed by atoms with Crippen LogP contribution in [0.3, 0.4) is 0 Å². The normalized spacial score (nSPS) is 22.4. The van der Waals surface area contributed by atoms with Gasteiger partial charge in [0, 0.05) is 6.04 Å². The van der Waals surface area contributed by atoms with Crippen molar-refractivity contribution >= 4 is 39.2 Å². The third-order valence-corrected chi connectivity index (χ3v) is 5.53. The molecule has 0 unspecified atom stereocenters. The third-order valence-electron chi connectivity index (χ3n) is 3.24. The number of benzene rings is 1. The lowest BCUT2D eigenvalue weighted by molar-refractivity contribution is 0.0697. The molecular formula is C12H13Cl2NO4S. The summed E-state index contributed by atoms with van der Waals surface area (Å²) >= 11 is 11.6. The van der Waals surface area contributed by atoms with Crippen LogP contribution in [0.2, 0.25) is 10.0 Å². The molecule has 5 nitrogen and oxygen atoms in total. The van der Waals surface area contributed by atoms with Gasteiger partial charge < -0.3 is 5.11 Å². The van der Waals surface area contributed by atoms with E-state index in [0.717, 1.165) is 25.0 Å². The van der Waals surface area contributed by atoms with Crippen LogP contribution in [-0.4, -0.2) is 25.5 Å². The van der Waals surface area contributed by atoms with Gasteiger partial charge in [0.05, 0.1) is 15.6 Å². The molecular weight excluding hydrogens is 325 g/mol. The van der Waals surface area contributed by atoms with Gasteiger partial charge in [-0.05, 0) is 30.9 Å². The maximum absolute atomic E-state index is 12.2. The van der Waals surface area contributed by atoms with Gasteiger partial charge in [-0.15, -0.1) is 0 Å². The van der Waals surface area contributed by atoms with E-state index in [1.54, 1.807) is 0 Å². The van der Waals surface area contributed by atoms with E-state index in [-0.39, 0.29) is 26.5 Å². The summed E-state index contributed by atoms with van der Waals surface area (Å²) in [5.74, 6) is -0.821. The Hall–Kier alpha value is -0.820. The van der Waals surface area contributed by atoms with Gasteiger partial charge in [0.2, 0.25) is 10.0 Å². The lowest BCUT2D eigenvalue weighted by Gasteiger charge is -2.33. The fourth-order valence-corrected chi connectivity index (χ4v) is 4.30. The Labute approximate surface area is 126 Å². The summed E-state index contributed by atoms with van der Waals surface area (Å²) in [6.07, 6.45) is 1.52. The first-order chi connectivity index (χ1) is 9.20. The molecule has 1 aliphatic rings. The second-order valence-electron chi connectivity index (χ2n) is 4.96. The van der Waals surface area contributed by atoms with E-state index in [0.29, 0.717) is 5.92 Å². The molecule has 0 radical (unpaired) electrons. The average molecular weight is 338 g/mol. The van der Waals surface area contributed by atoms with E-state index in [1.165, 1.54) is 0 Å². The van der Waals surface area contributed by atoms with E-state index in [9.17, 15) is 13.2 Å². The number of hydrogen-bond donors (Lipinski definition) is 2. The van der Waals surface area contributed by atoms with E-state index in [2.05, 4.69) is 4.72 Å². The zero-order valence-electron chi connectivity index (χ0n) is 10.6. The second-order valence-corrected chi connectivity index (χ2v) is 7.46. The molecule has 20 heavy (non-hydrogen) atoms. The molecule has 0 saturated heterocycles. The summed E-state index contributed by atoms with van der Waals surface area (Å²) in [6, 6.07) is 1.98. The molecule has 0 atom stereocenters. The Morgan fingerprint density at radius 3 is 2.40 bits per heavy atom. The standard InChI is InChI=1S/C12H13Cl2NO4S/c1-6-2-7(3-6)15-20(18,19)11-4-8(12(16)17)9(13)5-10(11)14/h4-7,15H,2-3H2,1H3,(H,16,17). The number of carboxylic acids is 1. The van der Waals surface area contributed by atoms with Gasteiger partial charge in [0.15, 0.2) is 0 Å². The maximum atomic E-state index is 12.2. The molecule has 2 rings (SSSR count). The lowest BCUT2D eigenvalue weighted by Crippen LogP contribution is -2.43. The topological polar surface area (TPSA) is 83.5 Å². The number of carbonyl (C=O) groups is 1. The van der Waals surface area contributed by atoms with Gasteiger partial charge in [-0.25, -0.2) is 17.9 Å². The van der Waals surface area contributed by atoms with E-state index < -0.39 is 16.0 Å². The van der Waals surface area contributed by atoms with Gasteiger partial charge in [0.1, 0.15) is 4.90 Å². The highest BCUT2D eigenvalue weighted by Gasteiger charge is 2.31. The highest BCUT2D eigenvalue weighted by Crippen LogP contribution is 2.31. The van der Waals surface area contributed by atoms with Crippen LogP contribution in [-0.2, 0) is 10.0 Å². The van der Waals surface area contributed by atoms with Crippen molar-refractivity contribution < 1.29 is 18.3 Å². The molecule has 8 heteroatoms. The lowest BCUT2D eigenvalue weighted by atomic mass is 9.83. The summed E-state index contributed by atoms with van der Waals surface area (Å²) in [5, 5.41) is 8.78. The first kappa shape index (κ1) is 15.6. The molecule has 0 aliphatic heterocycles. The minimum atomic E-state index is -3.85. The maximum Gasteiger partial charge on any atom is 0.337 e. The summed E-state index contributed by atoms with van der Waals surface area (Å²) in [7, 11) is -3.85. The second kappa shape index (κ2) is 5.52. The largest absolute Gasteiger partial charge is 0.478 e. The van der Waals surface area contributed by atoms with Gasteiger partial charge in [-0.1, -0.05) is 30.1 Å². The number of sulfonamides is 1. The molecule has 0 amide bonds. The molecule has 0 spiro atoms. The van der Waals surface area contributed by atoms with E-state index in [1.807, 2.05) is 6.92 Å². The summed E-state index contributed by atoms with van der Waals surface area (Å²) in [4.78, 5) is 10.7. The van der Waals surface area contributed by atoms with E-state index in [4.69, 9.17) is 28.3 Å². The Morgan fingerprint density at radius 1 is 1.30 bits per heavy atom. The van der Waals surface area contributed by atoms with Crippen LogP contribution in [0.15, 0.2) is 17.0 Å². The van der Waals surface area contributed by atoms with Gasteiger partial charge >= 0.3 is 5.97 Å². The van der Waals surface area contributed by atoms with Crippen LogP contribution in [0.25, 0.3) is 0 Å². The Morgan fingerprint density at radius 2 is 1.90 bits per heavy atom. The smallest absolute Gasteiger partial charge is 0.337 e. The fraction of sp³-hybridized carbons (Fsp3) is 0.417. The number of hydrogen-bond acceptors (Lipinski definition) is 3. The molecule has 1 aromatic carbocycles. The Balaban J connectivity index is 2.35. The van der Waals surface area contributed by atoms with Crippen molar-refractivity contribution in [3.05, 3.63) is 27.7 Å². The summed E-state index contributed by atoms with van der Waals surface area (Å²) in [5.41, 5.74) is -0.293. The Bertz CT molecular complexity index is 654. The van der Waals surface area contributed by atoms with Crippen LogP contribution in [0.5, 0.6) is 0 Å². The molecule has 110 valence electrons. The van der Waals surface area contributed by atoms with Crippen LogP contribution in [0, 0.1) is 5.92 Å². The van der Waals surface area contributed by atoms with Gasteiger partial charge in [-0.2, -0.15) is 0 Å². The molecule has 1 aromatic rings. The molecule has 0 bridgehead atoms. The zero-order valence-corrected chi connectivity index (χ0v) is 12.9. The summed E-state index contributed by atoms with van der Waals surface area (Å²) in [6.45, 7) is 2.03. The minimum absolute atomic E-state index is 0.0973. The Kier molecular flexibility index (Phi) is 4.30. The number of rotatable bonds is 4. The minimum Gasteiger partial charge on any atom is -0.478 e. The van der Waals surface area contributed by atoms with E-state index >= 15 is 0 Å². The first-order valence-electron chi connectivity index (χ1n) is 5.95. The molecule has 0 heterocycles. The summed E-state index contributed by atoms with van der Waals surface area (Å²) < 4.78 is 27.0. The molecule has 1 fully saturated rings. The van der Waals surface area contributed by atoms with Crippen molar-refractivity contribution in [1.82, 2.24) is 4.72 Å². The van der Waals surface area contributed by atoms with Crippen molar-refractivity contribution in [2.75, 3.05) is 0 Å². The number of halogens is 2.